The Labute approximate surface area is 117 Å². The van der Waals surface area contributed by atoms with Crippen LogP contribution in [0.25, 0.3) is 0 Å². The first-order chi connectivity index (χ1) is 9.25. The molecule has 0 bridgehead atoms. The fourth-order valence-electron chi connectivity index (χ4n) is 3.18. The van der Waals surface area contributed by atoms with Crippen molar-refractivity contribution in [1.82, 2.24) is 15.5 Å². The molecule has 2 fully saturated rings. The molecule has 1 aliphatic carbocycles. The molecule has 1 saturated heterocycles. The Kier molecular flexibility index (Phi) is 6.11. The molecule has 4 nitrogen and oxygen atoms in total. The summed E-state index contributed by atoms with van der Waals surface area (Å²) in [6, 6.07) is 1.04. The van der Waals surface area contributed by atoms with Crippen molar-refractivity contribution in [2.24, 2.45) is 0 Å². The van der Waals surface area contributed by atoms with Gasteiger partial charge < -0.3 is 10.6 Å². The molecule has 2 N–H and O–H groups in total. The zero-order valence-corrected chi connectivity index (χ0v) is 12.3. The first kappa shape index (κ1) is 14.8. The smallest absolute Gasteiger partial charge is 0.234 e. The van der Waals surface area contributed by atoms with Gasteiger partial charge in [-0.25, -0.2) is 0 Å². The molecule has 2 rings (SSSR count). The molecule has 2 aliphatic rings. The fourth-order valence-corrected chi connectivity index (χ4v) is 3.18. The number of nitrogens with one attached hydrogen (secondary N) is 2. The summed E-state index contributed by atoms with van der Waals surface area (Å²) in [4.78, 5) is 14.3. The number of nitrogens with zero attached hydrogens (tertiary/aromatic N) is 1. The van der Waals surface area contributed by atoms with E-state index in [4.69, 9.17) is 0 Å². The summed E-state index contributed by atoms with van der Waals surface area (Å²) in [6.45, 7) is 5.87. The summed E-state index contributed by atoms with van der Waals surface area (Å²) in [5.74, 6) is 0.149. The third-order valence-corrected chi connectivity index (χ3v) is 4.52. The highest BCUT2D eigenvalue weighted by atomic mass is 16.1. The highest BCUT2D eigenvalue weighted by molar-refractivity contribution is 5.78. The molecule has 0 aromatic carbocycles. The molecule has 0 spiro atoms. The first-order valence-corrected chi connectivity index (χ1v) is 8.00. The minimum atomic E-state index is 0.149. The summed E-state index contributed by atoms with van der Waals surface area (Å²) in [5, 5.41) is 6.42. The minimum absolute atomic E-state index is 0.149. The van der Waals surface area contributed by atoms with Crippen LogP contribution < -0.4 is 10.6 Å². The van der Waals surface area contributed by atoms with Crippen LogP contribution in [0, 0.1) is 0 Å². The number of piperidine rings is 1. The topological polar surface area (TPSA) is 44.4 Å². The van der Waals surface area contributed by atoms with Crippen LogP contribution in [0.5, 0.6) is 0 Å². The largest absolute Gasteiger partial charge is 0.353 e. The average Bonchev–Trinajstić information content (AvgIpc) is 2.96. The maximum atomic E-state index is 11.8. The molecular weight excluding hydrogens is 238 g/mol. The lowest BCUT2D eigenvalue weighted by Gasteiger charge is -2.32. The Morgan fingerprint density at radius 2 is 1.84 bits per heavy atom. The number of carbonyl (C=O) groups excluding carboxylic acids is 1. The quantitative estimate of drug-likeness (QED) is 0.767. The van der Waals surface area contributed by atoms with Crippen LogP contribution in [0.2, 0.25) is 0 Å². The molecule has 1 atom stereocenters. The van der Waals surface area contributed by atoms with Crippen molar-refractivity contribution in [3.8, 4) is 0 Å². The van der Waals surface area contributed by atoms with E-state index in [1.54, 1.807) is 0 Å². The van der Waals surface area contributed by atoms with Gasteiger partial charge in [0.15, 0.2) is 0 Å². The summed E-state index contributed by atoms with van der Waals surface area (Å²) in [5.41, 5.74) is 0. The summed E-state index contributed by atoms with van der Waals surface area (Å²) in [7, 11) is 0. The van der Waals surface area contributed by atoms with Crippen LogP contribution in [0.4, 0.5) is 0 Å². The monoisotopic (exact) mass is 267 g/mol. The summed E-state index contributed by atoms with van der Waals surface area (Å²) >= 11 is 0. The van der Waals surface area contributed by atoms with E-state index in [1.807, 2.05) is 0 Å². The maximum Gasteiger partial charge on any atom is 0.234 e. The molecule has 0 aromatic rings. The second-order valence-corrected chi connectivity index (χ2v) is 6.11. The van der Waals surface area contributed by atoms with E-state index < -0.39 is 0 Å². The Balaban J connectivity index is 1.56. The van der Waals surface area contributed by atoms with E-state index in [1.165, 1.54) is 58.0 Å². The van der Waals surface area contributed by atoms with Crippen LogP contribution in [-0.2, 0) is 4.79 Å². The molecule has 1 saturated carbocycles. The lowest BCUT2D eigenvalue weighted by molar-refractivity contribution is -0.120. The van der Waals surface area contributed by atoms with Crippen LogP contribution in [0.3, 0.4) is 0 Å². The molecule has 1 heterocycles. The van der Waals surface area contributed by atoms with Gasteiger partial charge in [-0.3, -0.25) is 9.69 Å². The SMILES string of the molecule is CC(CNC(=O)CNC1CCCC1)N1CCCCC1. The van der Waals surface area contributed by atoms with Gasteiger partial charge >= 0.3 is 0 Å². The van der Waals surface area contributed by atoms with Crippen LogP contribution in [0.1, 0.15) is 51.9 Å². The van der Waals surface area contributed by atoms with E-state index in [0.29, 0.717) is 18.6 Å². The molecule has 0 aromatic heterocycles. The molecule has 1 unspecified atom stereocenters. The van der Waals surface area contributed by atoms with Crippen molar-refractivity contribution in [1.29, 1.82) is 0 Å². The Hall–Kier alpha value is -0.610. The maximum absolute atomic E-state index is 11.8. The highest BCUT2D eigenvalue weighted by Crippen LogP contribution is 2.17. The summed E-state index contributed by atoms with van der Waals surface area (Å²) < 4.78 is 0. The Bertz CT molecular complexity index is 271. The fraction of sp³-hybridized carbons (Fsp3) is 0.933. The molecule has 0 radical (unpaired) electrons. The van der Waals surface area contributed by atoms with Gasteiger partial charge in [-0.15, -0.1) is 0 Å². The predicted octanol–water partition coefficient (Wildman–Crippen LogP) is 1.51. The zero-order chi connectivity index (χ0) is 13.5. The van der Waals surface area contributed by atoms with Gasteiger partial charge in [-0.2, -0.15) is 0 Å². The number of amides is 1. The molecule has 19 heavy (non-hydrogen) atoms. The van der Waals surface area contributed by atoms with Gasteiger partial charge in [0, 0.05) is 18.6 Å². The normalized spacial score (nSPS) is 23.4. The highest BCUT2D eigenvalue weighted by Gasteiger charge is 2.18. The van der Waals surface area contributed by atoms with Crippen molar-refractivity contribution in [3.63, 3.8) is 0 Å². The van der Waals surface area contributed by atoms with Gasteiger partial charge in [0.05, 0.1) is 6.54 Å². The minimum Gasteiger partial charge on any atom is -0.353 e. The number of carbonyl (C=O) groups is 1. The van der Waals surface area contributed by atoms with Gasteiger partial charge in [0.2, 0.25) is 5.91 Å². The number of hydrogen-bond acceptors (Lipinski definition) is 3. The van der Waals surface area contributed by atoms with Crippen molar-refractivity contribution in [3.05, 3.63) is 0 Å². The lowest BCUT2D eigenvalue weighted by atomic mass is 10.1. The van der Waals surface area contributed by atoms with Crippen LogP contribution in [-0.4, -0.2) is 49.1 Å². The Morgan fingerprint density at radius 3 is 2.53 bits per heavy atom. The summed E-state index contributed by atoms with van der Waals surface area (Å²) in [6.07, 6.45) is 9.06. The number of likely N-dealkylation sites (tertiary alicyclic amines) is 1. The van der Waals surface area contributed by atoms with Crippen molar-refractivity contribution >= 4 is 5.91 Å². The lowest BCUT2D eigenvalue weighted by Crippen LogP contribution is -2.46. The van der Waals surface area contributed by atoms with Gasteiger partial charge in [-0.1, -0.05) is 19.3 Å². The van der Waals surface area contributed by atoms with E-state index in [2.05, 4.69) is 22.5 Å². The van der Waals surface area contributed by atoms with Gasteiger partial charge in [0.1, 0.15) is 0 Å². The standard InChI is InChI=1S/C15H29N3O/c1-13(18-9-5-2-6-10-18)11-17-15(19)12-16-14-7-3-4-8-14/h13-14,16H,2-12H2,1H3,(H,17,19). The van der Waals surface area contributed by atoms with Crippen molar-refractivity contribution < 1.29 is 4.79 Å². The Morgan fingerprint density at radius 1 is 1.16 bits per heavy atom. The first-order valence-electron chi connectivity index (χ1n) is 8.00. The predicted molar refractivity (Wildman–Crippen MR) is 78.2 cm³/mol. The van der Waals surface area contributed by atoms with Crippen molar-refractivity contribution in [2.45, 2.75) is 64.0 Å². The van der Waals surface area contributed by atoms with E-state index >= 15 is 0 Å². The van der Waals surface area contributed by atoms with Gasteiger partial charge in [0.25, 0.3) is 0 Å². The van der Waals surface area contributed by atoms with E-state index in [0.717, 1.165) is 6.54 Å². The average molecular weight is 267 g/mol. The van der Waals surface area contributed by atoms with Crippen LogP contribution >= 0.6 is 0 Å². The molecular formula is C15H29N3O. The molecule has 4 heteroatoms. The van der Waals surface area contributed by atoms with E-state index in [9.17, 15) is 4.79 Å². The second-order valence-electron chi connectivity index (χ2n) is 6.11. The van der Waals surface area contributed by atoms with Gasteiger partial charge in [-0.05, 0) is 45.7 Å². The molecule has 110 valence electrons. The molecule has 1 aliphatic heterocycles. The number of hydrogen-bond donors (Lipinski definition) is 2. The van der Waals surface area contributed by atoms with E-state index in [-0.39, 0.29) is 5.91 Å². The zero-order valence-electron chi connectivity index (χ0n) is 12.3. The third kappa shape index (κ3) is 5.11. The number of rotatable bonds is 6. The second kappa shape index (κ2) is 7.85. The molecule has 1 amide bonds. The third-order valence-electron chi connectivity index (χ3n) is 4.52. The van der Waals surface area contributed by atoms with Crippen LogP contribution in [0.15, 0.2) is 0 Å². The van der Waals surface area contributed by atoms with Crippen molar-refractivity contribution in [2.75, 3.05) is 26.2 Å².